The number of benzene rings is 2. The fourth-order valence-electron chi connectivity index (χ4n) is 3.62. The van der Waals surface area contributed by atoms with Crippen molar-refractivity contribution >= 4 is 16.0 Å². The number of hydrogen-bond acceptors (Lipinski definition) is 5. The van der Waals surface area contributed by atoms with Gasteiger partial charge in [-0.3, -0.25) is 4.79 Å². The molecule has 0 aliphatic rings. The lowest BCUT2D eigenvalue weighted by molar-refractivity contribution is -0.138. The highest BCUT2D eigenvalue weighted by Crippen LogP contribution is 2.32. The number of hydrogen-bond donors (Lipinski definition) is 3. The molecule has 0 bridgehead atoms. The molecule has 0 saturated carbocycles. The number of sulfonamides is 1. The third-order valence-electron chi connectivity index (χ3n) is 5.45. The number of β-amino-alcohol motifs (C(OH)–C–C–N with tert-alkyl or cyclic N) is 1. The summed E-state index contributed by atoms with van der Waals surface area (Å²) in [5, 5.41) is 22.3. The van der Waals surface area contributed by atoms with Crippen molar-refractivity contribution in [2.75, 3.05) is 20.1 Å². The van der Waals surface area contributed by atoms with Crippen LogP contribution in [-0.4, -0.2) is 60.7 Å². The van der Waals surface area contributed by atoms with Crippen LogP contribution in [0, 0.1) is 5.82 Å². The average molecular weight is 535 g/mol. The summed E-state index contributed by atoms with van der Waals surface area (Å²) in [6.07, 6.45) is -6.35. The van der Waals surface area contributed by atoms with Crippen molar-refractivity contribution in [2.24, 2.45) is 0 Å². The van der Waals surface area contributed by atoms with Gasteiger partial charge in [-0.1, -0.05) is 12.1 Å². The van der Waals surface area contributed by atoms with Crippen LogP contribution in [0.15, 0.2) is 47.4 Å². The van der Waals surface area contributed by atoms with E-state index in [0.717, 1.165) is 29.0 Å². The number of aryl methyl sites for hydroxylation is 1. The van der Waals surface area contributed by atoms with Crippen LogP contribution in [0.2, 0.25) is 0 Å². The third-order valence-corrected chi connectivity index (χ3v) is 7.25. The van der Waals surface area contributed by atoms with Crippen molar-refractivity contribution in [1.82, 2.24) is 9.62 Å². The van der Waals surface area contributed by atoms with E-state index >= 15 is 0 Å². The molecule has 0 amide bonds. The van der Waals surface area contributed by atoms with E-state index in [1.807, 2.05) is 13.8 Å². The molecule has 2 aromatic carbocycles. The van der Waals surface area contributed by atoms with E-state index < -0.39 is 57.2 Å². The molecule has 36 heavy (non-hydrogen) atoms. The van der Waals surface area contributed by atoms with Gasteiger partial charge in [0.05, 0.1) is 16.6 Å². The molecule has 12 heteroatoms. The van der Waals surface area contributed by atoms with Crippen LogP contribution in [0.3, 0.4) is 0 Å². The van der Waals surface area contributed by atoms with Gasteiger partial charge in [0.1, 0.15) is 5.82 Å². The molecule has 200 valence electrons. The molecular formula is C24H30F4N2O5S. The maximum atomic E-state index is 13.4. The topological polar surface area (TPSA) is 107 Å². The molecule has 0 saturated heterocycles. The Hall–Kier alpha value is -2.54. The van der Waals surface area contributed by atoms with Gasteiger partial charge < -0.3 is 15.5 Å². The number of rotatable bonds is 12. The molecule has 0 aliphatic carbocycles. The molecule has 0 heterocycles. The van der Waals surface area contributed by atoms with E-state index in [0.29, 0.717) is 12.5 Å². The molecule has 1 atom stereocenters. The van der Waals surface area contributed by atoms with Gasteiger partial charge in [0.2, 0.25) is 10.0 Å². The van der Waals surface area contributed by atoms with Crippen LogP contribution < -0.4 is 5.32 Å². The largest absolute Gasteiger partial charge is 0.481 e. The van der Waals surface area contributed by atoms with Crippen molar-refractivity contribution in [3.8, 4) is 0 Å². The third kappa shape index (κ3) is 8.84. The van der Waals surface area contributed by atoms with E-state index in [9.17, 15) is 35.9 Å². The summed E-state index contributed by atoms with van der Waals surface area (Å²) in [5.74, 6) is -1.61. The Morgan fingerprint density at radius 1 is 1.11 bits per heavy atom. The lowest BCUT2D eigenvalue weighted by atomic mass is 9.94. The first kappa shape index (κ1) is 29.7. The zero-order valence-electron chi connectivity index (χ0n) is 20.1. The number of nitrogens with zero attached hydrogens (tertiary/aromatic N) is 1. The molecule has 0 aromatic heterocycles. The Morgan fingerprint density at radius 2 is 1.78 bits per heavy atom. The number of aliphatic hydroxyl groups is 1. The predicted molar refractivity (Wildman–Crippen MR) is 125 cm³/mol. The minimum Gasteiger partial charge on any atom is -0.481 e. The monoisotopic (exact) mass is 534 g/mol. The lowest BCUT2D eigenvalue weighted by Crippen LogP contribution is -2.47. The number of likely N-dealkylation sites (N-methyl/N-ethyl adjacent to an activating group) is 1. The molecule has 7 nitrogen and oxygen atoms in total. The quantitative estimate of drug-likeness (QED) is 0.360. The van der Waals surface area contributed by atoms with E-state index in [1.54, 1.807) is 12.1 Å². The minimum absolute atomic E-state index is 0.0331. The van der Waals surface area contributed by atoms with Crippen molar-refractivity contribution in [1.29, 1.82) is 0 Å². The van der Waals surface area contributed by atoms with Gasteiger partial charge >= 0.3 is 12.1 Å². The Balaban J connectivity index is 2.12. The van der Waals surface area contributed by atoms with Gasteiger partial charge in [-0.2, -0.15) is 17.5 Å². The van der Waals surface area contributed by atoms with Crippen LogP contribution in [0.5, 0.6) is 0 Å². The summed E-state index contributed by atoms with van der Waals surface area (Å²) in [6, 6.07) is 8.27. The first-order valence-electron chi connectivity index (χ1n) is 11.1. The van der Waals surface area contributed by atoms with Crippen molar-refractivity contribution in [2.45, 2.75) is 55.8 Å². The first-order valence-corrected chi connectivity index (χ1v) is 12.5. The zero-order chi connectivity index (χ0) is 27.3. The Bertz CT molecular complexity index is 1170. The summed E-state index contributed by atoms with van der Waals surface area (Å²) in [5.41, 5.74) is -1.14. The Kier molecular flexibility index (Phi) is 9.63. The molecule has 0 fully saturated rings. The smallest absolute Gasteiger partial charge is 0.416 e. The summed E-state index contributed by atoms with van der Waals surface area (Å²) in [7, 11) is -3.30. The standard InChI is InChI=1S/C24H30F4N2O5S/c1-23(2,13-17-5-4-6-19(25)10-17)29-14-20(31)15-30(3)36(34,35)21-11-16(7-8-22(32)33)9-18(12-21)24(26,27)28/h4-6,9-12,20,29,31H,7-8,13-15H2,1-3H3,(H,32,33). The number of aliphatic carboxylic acids is 1. The van der Waals surface area contributed by atoms with Gasteiger partial charge in [0, 0.05) is 32.1 Å². The van der Waals surface area contributed by atoms with Crippen molar-refractivity contribution < 1.29 is 41.0 Å². The van der Waals surface area contributed by atoms with E-state index in [4.69, 9.17) is 5.11 Å². The molecule has 3 N–H and O–H groups in total. The van der Waals surface area contributed by atoms with E-state index in [-0.39, 0.29) is 24.3 Å². The number of carboxylic acids is 1. The van der Waals surface area contributed by atoms with Gasteiger partial charge in [0.25, 0.3) is 0 Å². The second-order valence-corrected chi connectivity index (χ2v) is 11.3. The summed E-state index contributed by atoms with van der Waals surface area (Å²) < 4.78 is 80.2. The molecule has 2 rings (SSSR count). The number of carboxylic acid groups (broad SMARTS) is 1. The molecule has 1 unspecified atom stereocenters. The number of carbonyl (C=O) groups is 1. The van der Waals surface area contributed by atoms with Crippen LogP contribution in [-0.2, 0) is 33.8 Å². The number of halogens is 4. The van der Waals surface area contributed by atoms with Crippen LogP contribution >= 0.6 is 0 Å². The molecule has 0 spiro atoms. The highest BCUT2D eigenvalue weighted by molar-refractivity contribution is 7.89. The highest BCUT2D eigenvalue weighted by atomic mass is 32.2. The summed E-state index contributed by atoms with van der Waals surface area (Å²) >= 11 is 0. The Labute approximate surface area is 207 Å². The van der Waals surface area contributed by atoms with Crippen molar-refractivity contribution in [3.63, 3.8) is 0 Å². The average Bonchev–Trinajstić information content (AvgIpc) is 2.75. The predicted octanol–water partition coefficient (Wildman–Crippen LogP) is 3.45. The van der Waals surface area contributed by atoms with Gasteiger partial charge in [0.15, 0.2) is 0 Å². The lowest BCUT2D eigenvalue weighted by Gasteiger charge is -2.29. The number of alkyl halides is 3. The maximum Gasteiger partial charge on any atom is 0.416 e. The second-order valence-electron chi connectivity index (χ2n) is 9.27. The molecule has 2 aromatic rings. The summed E-state index contributed by atoms with van der Waals surface area (Å²) in [4.78, 5) is 10.2. The van der Waals surface area contributed by atoms with Crippen LogP contribution in [0.25, 0.3) is 0 Å². The fraction of sp³-hybridized carbons (Fsp3) is 0.458. The molecule has 0 aliphatic heterocycles. The maximum absolute atomic E-state index is 13.4. The number of aliphatic hydroxyl groups excluding tert-OH is 1. The molecule has 0 radical (unpaired) electrons. The highest BCUT2D eigenvalue weighted by Gasteiger charge is 2.34. The minimum atomic E-state index is -4.83. The second kappa shape index (κ2) is 11.7. The first-order chi connectivity index (χ1) is 16.5. The van der Waals surface area contributed by atoms with E-state index in [2.05, 4.69) is 5.32 Å². The van der Waals surface area contributed by atoms with Gasteiger partial charge in [-0.15, -0.1) is 0 Å². The number of nitrogens with one attached hydrogen (secondary N) is 1. The van der Waals surface area contributed by atoms with Crippen LogP contribution in [0.4, 0.5) is 17.6 Å². The zero-order valence-corrected chi connectivity index (χ0v) is 21.0. The van der Waals surface area contributed by atoms with Crippen LogP contribution in [0.1, 0.15) is 37.0 Å². The van der Waals surface area contributed by atoms with Gasteiger partial charge in [-0.05, 0) is 68.1 Å². The fourth-order valence-corrected chi connectivity index (χ4v) is 4.93. The normalized spacial score (nSPS) is 13.7. The SMILES string of the molecule is CN(CC(O)CNC(C)(C)Cc1cccc(F)c1)S(=O)(=O)c1cc(CCC(=O)O)cc(C(F)(F)F)c1. The molecular weight excluding hydrogens is 504 g/mol. The summed E-state index contributed by atoms with van der Waals surface area (Å²) in [6.45, 7) is 3.21. The van der Waals surface area contributed by atoms with Crippen molar-refractivity contribution in [3.05, 3.63) is 65.0 Å². The Morgan fingerprint density at radius 3 is 2.36 bits per heavy atom. The van der Waals surface area contributed by atoms with E-state index in [1.165, 1.54) is 12.1 Å². The van der Waals surface area contributed by atoms with Gasteiger partial charge in [-0.25, -0.2) is 12.8 Å².